The van der Waals surface area contributed by atoms with Crippen molar-refractivity contribution in [1.29, 1.82) is 0 Å². The molecule has 2 atom stereocenters. The summed E-state index contributed by atoms with van der Waals surface area (Å²) >= 11 is 0. The van der Waals surface area contributed by atoms with Crippen LogP contribution in [0.3, 0.4) is 0 Å². The fourth-order valence-electron chi connectivity index (χ4n) is 2.20. The molecule has 3 nitrogen and oxygen atoms in total. The highest BCUT2D eigenvalue weighted by Gasteiger charge is 2.50. The van der Waals surface area contributed by atoms with Gasteiger partial charge in [-0.25, -0.2) is 4.79 Å². The van der Waals surface area contributed by atoms with Crippen LogP contribution in [0.25, 0.3) is 0 Å². The van der Waals surface area contributed by atoms with E-state index in [1.165, 1.54) is 0 Å². The molecule has 0 saturated carbocycles. The zero-order chi connectivity index (χ0) is 11.6. The van der Waals surface area contributed by atoms with Gasteiger partial charge in [-0.15, -0.1) is 0 Å². The molecule has 1 saturated heterocycles. The van der Waals surface area contributed by atoms with E-state index in [2.05, 4.69) is 0 Å². The molecule has 1 fully saturated rings. The van der Waals surface area contributed by atoms with Crippen molar-refractivity contribution in [3.63, 3.8) is 0 Å². The van der Waals surface area contributed by atoms with Crippen LogP contribution in [0, 0.1) is 0 Å². The summed E-state index contributed by atoms with van der Waals surface area (Å²) in [5.74, 6) is -0.270. The van der Waals surface area contributed by atoms with E-state index in [0.717, 1.165) is 5.56 Å². The van der Waals surface area contributed by atoms with E-state index in [4.69, 9.17) is 9.47 Å². The number of ether oxygens (including phenoxy) is 2. The number of esters is 1. The van der Waals surface area contributed by atoms with Crippen molar-refractivity contribution in [3.8, 4) is 0 Å². The standard InChI is InChI=1S/C13H16O3/c1-3-15-13(9-10(2)16-12(13)14)11-7-5-4-6-8-11/h4-8,10H,3,9H2,1-2H3. The highest BCUT2D eigenvalue weighted by atomic mass is 16.6. The van der Waals surface area contributed by atoms with Crippen molar-refractivity contribution in [2.45, 2.75) is 32.0 Å². The predicted octanol–water partition coefficient (Wildman–Crippen LogP) is 2.25. The number of benzene rings is 1. The van der Waals surface area contributed by atoms with Crippen LogP contribution in [0.15, 0.2) is 30.3 Å². The van der Waals surface area contributed by atoms with Gasteiger partial charge in [0.05, 0.1) is 0 Å². The van der Waals surface area contributed by atoms with Crippen LogP contribution in [0.2, 0.25) is 0 Å². The van der Waals surface area contributed by atoms with Crippen LogP contribution in [0.5, 0.6) is 0 Å². The number of rotatable bonds is 3. The van der Waals surface area contributed by atoms with Crippen molar-refractivity contribution in [1.82, 2.24) is 0 Å². The Balaban J connectivity index is 2.40. The summed E-state index contributed by atoms with van der Waals surface area (Å²) in [4.78, 5) is 11.9. The van der Waals surface area contributed by atoms with Crippen LogP contribution < -0.4 is 0 Å². The van der Waals surface area contributed by atoms with E-state index < -0.39 is 5.60 Å². The molecule has 0 radical (unpaired) electrons. The lowest BCUT2D eigenvalue weighted by Crippen LogP contribution is -2.34. The van der Waals surface area contributed by atoms with Gasteiger partial charge in [0, 0.05) is 13.0 Å². The molecule has 0 aliphatic carbocycles. The molecule has 0 N–H and O–H groups in total. The first-order valence-corrected chi connectivity index (χ1v) is 5.59. The first-order chi connectivity index (χ1) is 7.69. The number of hydrogen-bond donors (Lipinski definition) is 0. The second-order valence-electron chi connectivity index (χ2n) is 4.05. The van der Waals surface area contributed by atoms with Crippen molar-refractivity contribution < 1.29 is 14.3 Å². The van der Waals surface area contributed by atoms with Gasteiger partial charge < -0.3 is 9.47 Å². The third kappa shape index (κ3) is 1.71. The Bertz CT molecular complexity index is 374. The smallest absolute Gasteiger partial charge is 0.343 e. The van der Waals surface area contributed by atoms with Gasteiger partial charge >= 0.3 is 5.97 Å². The molecular weight excluding hydrogens is 204 g/mol. The normalized spacial score (nSPS) is 29.1. The Kier molecular flexibility index (Phi) is 2.97. The lowest BCUT2D eigenvalue weighted by atomic mass is 9.90. The van der Waals surface area contributed by atoms with Gasteiger partial charge in [-0.3, -0.25) is 0 Å². The van der Waals surface area contributed by atoms with E-state index in [1.807, 2.05) is 44.2 Å². The molecule has 0 amide bonds. The predicted molar refractivity (Wildman–Crippen MR) is 59.9 cm³/mol. The summed E-state index contributed by atoms with van der Waals surface area (Å²) < 4.78 is 10.9. The van der Waals surface area contributed by atoms with E-state index in [0.29, 0.717) is 13.0 Å². The fraction of sp³-hybridized carbons (Fsp3) is 0.462. The SMILES string of the molecule is CCOC1(c2ccccc2)CC(C)OC1=O. The maximum Gasteiger partial charge on any atom is 0.343 e. The van der Waals surface area contributed by atoms with E-state index in [1.54, 1.807) is 0 Å². The number of hydrogen-bond acceptors (Lipinski definition) is 3. The summed E-state index contributed by atoms with van der Waals surface area (Å²) in [5, 5.41) is 0. The minimum Gasteiger partial charge on any atom is -0.460 e. The maximum absolute atomic E-state index is 11.9. The Morgan fingerprint density at radius 1 is 1.44 bits per heavy atom. The van der Waals surface area contributed by atoms with E-state index >= 15 is 0 Å². The fourth-order valence-corrected chi connectivity index (χ4v) is 2.20. The van der Waals surface area contributed by atoms with Crippen LogP contribution in [0.4, 0.5) is 0 Å². The molecule has 16 heavy (non-hydrogen) atoms. The first kappa shape index (κ1) is 11.1. The third-order valence-electron chi connectivity index (χ3n) is 2.84. The second kappa shape index (κ2) is 4.26. The molecule has 2 unspecified atom stereocenters. The molecule has 1 heterocycles. The van der Waals surface area contributed by atoms with Gasteiger partial charge in [0.25, 0.3) is 0 Å². The average molecular weight is 220 g/mol. The van der Waals surface area contributed by atoms with Crippen molar-refractivity contribution in [2.75, 3.05) is 6.61 Å². The molecule has 0 bridgehead atoms. The minimum absolute atomic E-state index is 0.0840. The topological polar surface area (TPSA) is 35.5 Å². The summed E-state index contributed by atoms with van der Waals surface area (Å²) in [6.07, 6.45) is 0.503. The molecule has 2 rings (SSSR count). The molecule has 3 heteroatoms. The zero-order valence-corrected chi connectivity index (χ0v) is 9.60. The highest BCUT2D eigenvalue weighted by Crippen LogP contribution is 2.38. The first-order valence-electron chi connectivity index (χ1n) is 5.59. The van der Waals surface area contributed by atoms with Crippen LogP contribution in [0.1, 0.15) is 25.8 Å². The summed E-state index contributed by atoms with van der Waals surface area (Å²) in [7, 11) is 0. The molecule has 1 aromatic rings. The zero-order valence-electron chi connectivity index (χ0n) is 9.60. The number of carbonyl (C=O) groups is 1. The van der Waals surface area contributed by atoms with Crippen molar-refractivity contribution in [2.24, 2.45) is 0 Å². The summed E-state index contributed by atoms with van der Waals surface area (Å²) in [5.41, 5.74) is -0.0127. The molecule has 86 valence electrons. The second-order valence-corrected chi connectivity index (χ2v) is 4.05. The lowest BCUT2D eigenvalue weighted by molar-refractivity contribution is -0.160. The van der Waals surface area contributed by atoms with Gasteiger partial charge in [-0.05, 0) is 19.4 Å². The van der Waals surface area contributed by atoms with Gasteiger partial charge in [0.2, 0.25) is 0 Å². The largest absolute Gasteiger partial charge is 0.460 e. The van der Waals surface area contributed by atoms with Crippen LogP contribution in [-0.4, -0.2) is 18.7 Å². The van der Waals surface area contributed by atoms with Gasteiger partial charge in [0.15, 0.2) is 5.60 Å². The Morgan fingerprint density at radius 2 is 2.12 bits per heavy atom. The third-order valence-corrected chi connectivity index (χ3v) is 2.84. The van der Waals surface area contributed by atoms with E-state index in [-0.39, 0.29) is 12.1 Å². The van der Waals surface area contributed by atoms with Crippen molar-refractivity contribution >= 4 is 5.97 Å². The van der Waals surface area contributed by atoms with E-state index in [9.17, 15) is 4.79 Å². The Hall–Kier alpha value is -1.35. The van der Waals surface area contributed by atoms with Gasteiger partial charge in [0.1, 0.15) is 6.10 Å². The molecule has 0 aromatic heterocycles. The quantitative estimate of drug-likeness (QED) is 0.733. The van der Waals surface area contributed by atoms with Gasteiger partial charge in [-0.2, -0.15) is 0 Å². The molecule has 1 aliphatic heterocycles. The van der Waals surface area contributed by atoms with Crippen LogP contribution in [-0.2, 0) is 19.9 Å². The summed E-state index contributed by atoms with van der Waals surface area (Å²) in [6, 6.07) is 9.56. The van der Waals surface area contributed by atoms with Crippen LogP contribution >= 0.6 is 0 Å². The molecule has 1 aromatic carbocycles. The lowest BCUT2D eigenvalue weighted by Gasteiger charge is -2.25. The molecule has 1 aliphatic rings. The van der Waals surface area contributed by atoms with Crippen molar-refractivity contribution in [3.05, 3.63) is 35.9 Å². The monoisotopic (exact) mass is 220 g/mol. The number of cyclic esters (lactones) is 1. The Morgan fingerprint density at radius 3 is 2.62 bits per heavy atom. The highest BCUT2D eigenvalue weighted by molar-refractivity contribution is 5.83. The molecule has 0 spiro atoms. The van der Waals surface area contributed by atoms with Gasteiger partial charge in [-0.1, -0.05) is 30.3 Å². The maximum atomic E-state index is 11.9. The minimum atomic E-state index is -0.893. The average Bonchev–Trinajstić information content (AvgIpc) is 2.57. The summed E-state index contributed by atoms with van der Waals surface area (Å²) in [6.45, 7) is 4.28. The molecular formula is C13H16O3. The number of carbonyl (C=O) groups excluding carboxylic acids is 1. The Labute approximate surface area is 95.4 Å².